The molecule has 3 saturated carbocycles. The first kappa shape index (κ1) is 26.5. The van der Waals surface area contributed by atoms with Crippen LogP contribution in [-0.4, -0.2) is 5.78 Å². The molecule has 1 heteroatoms. The van der Waals surface area contributed by atoms with E-state index in [0.29, 0.717) is 45.7 Å². The Morgan fingerprint density at radius 3 is 2.18 bits per heavy atom. The number of rotatable bonds is 4. The molecule has 4 aliphatic rings. The summed E-state index contributed by atoms with van der Waals surface area (Å²) < 4.78 is 0. The van der Waals surface area contributed by atoms with Gasteiger partial charge in [-0.25, -0.2) is 0 Å². The van der Waals surface area contributed by atoms with Crippen molar-refractivity contribution in [1.82, 2.24) is 0 Å². The van der Waals surface area contributed by atoms with Crippen molar-refractivity contribution < 1.29 is 4.79 Å². The summed E-state index contributed by atoms with van der Waals surface area (Å²) in [5.74, 6) is 4.02. The Morgan fingerprint density at radius 2 is 1.56 bits per heavy atom. The molecule has 0 aliphatic heterocycles. The van der Waals surface area contributed by atoms with Gasteiger partial charge in [0.25, 0.3) is 0 Å². The monoisotopic (exact) mass is 468 g/mol. The Balaban J connectivity index is 1.67. The zero-order valence-electron chi connectivity index (χ0n) is 24.6. The normalized spacial score (nSPS) is 47.0. The molecule has 0 N–H and O–H groups in total. The molecule has 0 aromatic carbocycles. The van der Waals surface area contributed by atoms with E-state index in [-0.39, 0.29) is 16.7 Å². The maximum absolute atomic E-state index is 13.8. The number of ketones is 1. The van der Waals surface area contributed by atoms with Crippen LogP contribution in [0, 0.1) is 62.6 Å². The van der Waals surface area contributed by atoms with Gasteiger partial charge in [-0.3, -0.25) is 4.79 Å². The Labute approximate surface area is 212 Å². The van der Waals surface area contributed by atoms with Gasteiger partial charge in [-0.05, 0) is 108 Å². The molecule has 0 radical (unpaired) electrons. The van der Waals surface area contributed by atoms with Crippen LogP contribution >= 0.6 is 0 Å². The fraction of sp³-hybridized carbons (Fsp3) is 0.909. The molecular formula is C33H56O. The SMILES string of the molecule is C[C@@H]1[C@H](C)C[C@H]2C(=O)C=C3C(CC[C@]4(C)[C@@H](C(C)(C)CCCC(C)(C)C)CC[C@@]34C)[C@@]2(C)[C@@H]1C. The lowest BCUT2D eigenvalue weighted by atomic mass is 9.40. The van der Waals surface area contributed by atoms with E-state index in [2.05, 4.69) is 82.2 Å². The number of fused-ring (bicyclic) bond motifs is 5. The third-order valence-electron chi connectivity index (χ3n) is 13.0. The Hall–Kier alpha value is -0.590. The van der Waals surface area contributed by atoms with Crippen LogP contribution < -0.4 is 0 Å². The zero-order valence-corrected chi connectivity index (χ0v) is 24.6. The van der Waals surface area contributed by atoms with Crippen LogP contribution in [0.5, 0.6) is 0 Å². The molecular weight excluding hydrogens is 412 g/mol. The van der Waals surface area contributed by atoms with Crippen molar-refractivity contribution in [1.29, 1.82) is 0 Å². The van der Waals surface area contributed by atoms with Crippen LogP contribution in [0.1, 0.15) is 128 Å². The average molecular weight is 469 g/mol. The first-order chi connectivity index (χ1) is 15.5. The van der Waals surface area contributed by atoms with Crippen LogP contribution in [-0.2, 0) is 4.79 Å². The smallest absolute Gasteiger partial charge is 0.159 e. The van der Waals surface area contributed by atoms with E-state index in [1.165, 1.54) is 44.9 Å². The van der Waals surface area contributed by atoms with Gasteiger partial charge in [0, 0.05) is 5.92 Å². The van der Waals surface area contributed by atoms with E-state index >= 15 is 0 Å². The van der Waals surface area contributed by atoms with Crippen LogP contribution in [0.2, 0.25) is 0 Å². The highest BCUT2D eigenvalue weighted by molar-refractivity contribution is 5.94. The topological polar surface area (TPSA) is 17.1 Å². The van der Waals surface area contributed by atoms with Crippen LogP contribution in [0.4, 0.5) is 0 Å². The molecule has 34 heavy (non-hydrogen) atoms. The summed E-state index contributed by atoms with van der Waals surface area (Å²) in [6.45, 7) is 27.3. The van der Waals surface area contributed by atoms with Crippen molar-refractivity contribution in [2.45, 2.75) is 128 Å². The number of allylic oxidation sites excluding steroid dienone is 2. The van der Waals surface area contributed by atoms with Crippen molar-refractivity contribution >= 4 is 5.78 Å². The molecule has 0 amide bonds. The molecule has 0 heterocycles. The molecule has 3 fully saturated rings. The molecule has 4 aliphatic carbocycles. The molecule has 0 bridgehead atoms. The van der Waals surface area contributed by atoms with E-state index in [1.807, 2.05) is 0 Å². The Bertz CT molecular complexity index is 841. The standard InChI is InChI=1S/C33H56O/c1-21-19-26-27(34)20-25-24(33(26,11)23(3)22(21)2)13-17-32(10)28(14-18-31(25,32)9)30(7,8)16-12-15-29(4,5)6/h20-24,26,28H,12-19H2,1-11H3/t21-,22-,23-,24?,26+,28-,31+,32-,33-/m1/s1. The number of hydrogen-bond acceptors (Lipinski definition) is 1. The first-order valence-electron chi connectivity index (χ1n) is 14.7. The Kier molecular flexibility index (Phi) is 6.39. The minimum absolute atomic E-state index is 0.137. The summed E-state index contributed by atoms with van der Waals surface area (Å²) in [6, 6.07) is 0. The van der Waals surface area contributed by atoms with E-state index in [4.69, 9.17) is 0 Å². The molecule has 0 spiro atoms. The highest BCUT2D eigenvalue weighted by atomic mass is 16.1. The second-order valence-corrected chi connectivity index (χ2v) is 16.1. The highest BCUT2D eigenvalue weighted by Crippen LogP contribution is 2.74. The summed E-state index contributed by atoms with van der Waals surface area (Å²) >= 11 is 0. The number of hydrogen-bond donors (Lipinski definition) is 0. The molecule has 4 rings (SSSR count). The summed E-state index contributed by atoms with van der Waals surface area (Å²) in [6.07, 6.45) is 12.5. The van der Waals surface area contributed by atoms with Crippen molar-refractivity contribution in [3.63, 3.8) is 0 Å². The fourth-order valence-electron chi connectivity index (χ4n) is 10.2. The van der Waals surface area contributed by atoms with Crippen molar-refractivity contribution in [3.05, 3.63) is 11.6 Å². The lowest BCUT2D eigenvalue weighted by molar-refractivity contribution is -0.142. The van der Waals surface area contributed by atoms with Crippen LogP contribution in [0.15, 0.2) is 11.6 Å². The third-order valence-corrected chi connectivity index (χ3v) is 13.0. The Morgan fingerprint density at radius 1 is 0.912 bits per heavy atom. The summed E-state index contributed by atoms with van der Waals surface area (Å²) in [4.78, 5) is 13.8. The van der Waals surface area contributed by atoms with E-state index in [9.17, 15) is 4.79 Å². The lowest BCUT2D eigenvalue weighted by Gasteiger charge is -2.64. The van der Waals surface area contributed by atoms with Gasteiger partial charge in [-0.15, -0.1) is 0 Å². The predicted octanol–water partition coefficient (Wildman–Crippen LogP) is 9.51. The summed E-state index contributed by atoms with van der Waals surface area (Å²) in [5.41, 5.74) is 2.98. The largest absolute Gasteiger partial charge is 0.295 e. The molecule has 0 aromatic heterocycles. The van der Waals surface area contributed by atoms with Gasteiger partial charge in [0.05, 0.1) is 0 Å². The van der Waals surface area contributed by atoms with Crippen molar-refractivity contribution in [2.75, 3.05) is 0 Å². The molecule has 1 unspecified atom stereocenters. The molecule has 9 atom stereocenters. The van der Waals surface area contributed by atoms with E-state index in [0.717, 1.165) is 12.3 Å². The molecule has 0 saturated heterocycles. The second-order valence-electron chi connectivity index (χ2n) is 16.1. The minimum Gasteiger partial charge on any atom is -0.295 e. The quantitative estimate of drug-likeness (QED) is 0.401. The minimum atomic E-state index is 0.137. The number of carbonyl (C=O) groups is 1. The number of carbonyl (C=O) groups excluding carboxylic acids is 1. The second kappa shape index (κ2) is 8.21. The van der Waals surface area contributed by atoms with Crippen molar-refractivity contribution in [3.8, 4) is 0 Å². The van der Waals surface area contributed by atoms with Gasteiger partial charge < -0.3 is 0 Å². The maximum Gasteiger partial charge on any atom is 0.159 e. The highest BCUT2D eigenvalue weighted by Gasteiger charge is 2.67. The average Bonchev–Trinajstić information content (AvgIpc) is 3.00. The maximum atomic E-state index is 13.8. The van der Waals surface area contributed by atoms with Gasteiger partial charge in [-0.1, -0.05) is 88.2 Å². The molecule has 1 nitrogen and oxygen atoms in total. The molecule has 194 valence electrons. The van der Waals surface area contributed by atoms with Gasteiger partial charge >= 0.3 is 0 Å². The van der Waals surface area contributed by atoms with Crippen LogP contribution in [0.25, 0.3) is 0 Å². The van der Waals surface area contributed by atoms with Gasteiger partial charge in [0.15, 0.2) is 5.78 Å². The summed E-state index contributed by atoms with van der Waals surface area (Å²) in [5, 5.41) is 0. The fourth-order valence-corrected chi connectivity index (χ4v) is 10.2. The van der Waals surface area contributed by atoms with E-state index in [1.54, 1.807) is 5.57 Å². The molecule has 0 aromatic rings. The van der Waals surface area contributed by atoms with Gasteiger partial charge in [0.1, 0.15) is 0 Å². The van der Waals surface area contributed by atoms with Crippen molar-refractivity contribution in [2.24, 2.45) is 62.6 Å². The van der Waals surface area contributed by atoms with Gasteiger partial charge in [0.2, 0.25) is 0 Å². The van der Waals surface area contributed by atoms with Crippen LogP contribution in [0.3, 0.4) is 0 Å². The predicted molar refractivity (Wildman–Crippen MR) is 146 cm³/mol. The lowest BCUT2D eigenvalue weighted by Crippen LogP contribution is -2.59. The first-order valence-corrected chi connectivity index (χ1v) is 14.7. The van der Waals surface area contributed by atoms with E-state index < -0.39 is 0 Å². The zero-order chi connectivity index (χ0) is 25.5. The summed E-state index contributed by atoms with van der Waals surface area (Å²) in [7, 11) is 0. The van der Waals surface area contributed by atoms with Gasteiger partial charge in [-0.2, -0.15) is 0 Å². The third kappa shape index (κ3) is 3.72.